The van der Waals surface area contributed by atoms with Gasteiger partial charge >= 0.3 is 0 Å². The predicted molar refractivity (Wildman–Crippen MR) is 67.8 cm³/mol. The van der Waals surface area contributed by atoms with E-state index in [4.69, 9.17) is 9.63 Å². The van der Waals surface area contributed by atoms with Crippen molar-refractivity contribution in [3.63, 3.8) is 0 Å². The van der Waals surface area contributed by atoms with Crippen LogP contribution < -0.4 is 0 Å². The number of aliphatic hydroxyl groups is 1. The highest BCUT2D eigenvalue weighted by atomic mass is 32.1. The van der Waals surface area contributed by atoms with Gasteiger partial charge in [0.1, 0.15) is 0 Å². The van der Waals surface area contributed by atoms with Crippen LogP contribution in [0.3, 0.4) is 0 Å². The lowest BCUT2D eigenvalue weighted by Gasteiger charge is -2.21. The zero-order valence-corrected chi connectivity index (χ0v) is 10.8. The molecule has 0 aromatic carbocycles. The summed E-state index contributed by atoms with van der Waals surface area (Å²) in [4.78, 5) is 3.12. The second kappa shape index (κ2) is 5.44. The summed E-state index contributed by atoms with van der Waals surface area (Å²) in [5.74, 6) is 0.806. The Hall–Kier alpha value is -1.17. The van der Waals surface area contributed by atoms with Crippen molar-refractivity contribution >= 4 is 11.3 Å². The summed E-state index contributed by atoms with van der Waals surface area (Å²) in [5, 5.41) is 15.1. The Labute approximate surface area is 104 Å². The first kappa shape index (κ1) is 12.3. The van der Waals surface area contributed by atoms with Gasteiger partial charge in [-0.3, -0.25) is 4.90 Å². The normalized spacial score (nSPS) is 13.2. The molecule has 0 saturated heterocycles. The number of likely N-dealkylation sites (N-methyl/N-ethyl adjacent to an activating group) is 1. The lowest BCUT2D eigenvalue weighted by atomic mass is 10.2. The van der Waals surface area contributed by atoms with E-state index in [1.54, 1.807) is 11.3 Å². The van der Waals surface area contributed by atoms with E-state index < -0.39 is 0 Å². The standard InChI is InChI=1S/C12H16N2O2S/c1-9(8-15)14(2)7-10-6-11(16-13-10)12-4-3-5-17-12/h3-6,9,15H,7-8H2,1-2H3. The molecular weight excluding hydrogens is 236 g/mol. The summed E-state index contributed by atoms with van der Waals surface area (Å²) in [6.45, 7) is 2.79. The van der Waals surface area contributed by atoms with Gasteiger partial charge in [-0.05, 0) is 25.4 Å². The minimum atomic E-state index is 0.122. The molecule has 0 aliphatic heterocycles. The predicted octanol–water partition coefficient (Wildman–Crippen LogP) is 2.22. The van der Waals surface area contributed by atoms with Crippen molar-refractivity contribution in [2.45, 2.75) is 19.5 Å². The van der Waals surface area contributed by atoms with Gasteiger partial charge in [0.2, 0.25) is 0 Å². The summed E-state index contributed by atoms with van der Waals surface area (Å²) < 4.78 is 5.29. The Morgan fingerprint density at radius 1 is 1.59 bits per heavy atom. The summed E-state index contributed by atoms with van der Waals surface area (Å²) in [7, 11) is 1.96. The summed E-state index contributed by atoms with van der Waals surface area (Å²) >= 11 is 1.63. The molecule has 2 heterocycles. The Bertz CT molecular complexity index is 453. The van der Waals surface area contributed by atoms with E-state index in [9.17, 15) is 0 Å². The molecule has 5 heteroatoms. The molecule has 0 radical (unpaired) electrons. The van der Waals surface area contributed by atoms with E-state index >= 15 is 0 Å². The molecule has 0 bridgehead atoms. The van der Waals surface area contributed by atoms with Gasteiger partial charge in [-0.2, -0.15) is 0 Å². The number of nitrogens with zero attached hydrogens (tertiary/aromatic N) is 2. The molecule has 0 amide bonds. The number of rotatable bonds is 5. The second-order valence-corrected chi connectivity index (χ2v) is 5.05. The molecule has 2 aromatic heterocycles. The molecule has 2 aromatic rings. The highest BCUT2D eigenvalue weighted by molar-refractivity contribution is 7.13. The third-order valence-electron chi connectivity index (χ3n) is 2.75. The van der Waals surface area contributed by atoms with Gasteiger partial charge in [-0.25, -0.2) is 0 Å². The van der Waals surface area contributed by atoms with Crippen molar-refractivity contribution in [2.75, 3.05) is 13.7 Å². The number of aliphatic hydroxyl groups excluding tert-OH is 1. The third kappa shape index (κ3) is 2.94. The number of thiophene rings is 1. The Morgan fingerprint density at radius 3 is 3.06 bits per heavy atom. The zero-order chi connectivity index (χ0) is 12.3. The maximum Gasteiger partial charge on any atom is 0.177 e. The SMILES string of the molecule is CC(CO)N(C)Cc1cc(-c2cccs2)on1. The minimum Gasteiger partial charge on any atom is -0.395 e. The van der Waals surface area contributed by atoms with Gasteiger partial charge in [0, 0.05) is 18.7 Å². The van der Waals surface area contributed by atoms with E-state index in [1.807, 2.05) is 42.5 Å². The van der Waals surface area contributed by atoms with Crippen LogP contribution in [0.5, 0.6) is 0 Å². The first-order chi connectivity index (χ1) is 8.20. The van der Waals surface area contributed by atoms with Crippen LogP contribution in [-0.2, 0) is 6.54 Å². The fraction of sp³-hybridized carbons (Fsp3) is 0.417. The van der Waals surface area contributed by atoms with E-state index in [-0.39, 0.29) is 12.6 Å². The largest absolute Gasteiger partial charge is 0.395 e. The number of aromatic nitrogens is 1. The quantitative estimate of drug-likeness (QED) is 0.886. The number of hydrogen-bond acceptors (Lipinski definition) is 5. The number of hydrogen-bond donors (Lipinski definition) is 1. The van der Waals surface area contributed by atoms with Crippen molar-refractivity contribution in [1.29, 1.82) is 0 Å². The summed E-state index contributed by atoms with van der Waals surface area (Å²) in [6.07, 6.45) is 0. The Kier molecular flexibility index (Phi) is 3.93. The molecule has 0 saturated carbocycles. The molecule has 0 fully saturated rings. The van der Waals surface area contributed by atoms with Crippen LogP contribution in [-0.4, -0.2) is 34.9 Å². The molecule has 0 aliphatic rings. The average Bonchev–Trinajstić information content (AvgIpc) is 2.97. The van der Waals surface area contributed by atoms with Crippen molar-refractivity contribution in [1.82, 2.24) is 10.1 Å². The molecule has 1 atom stereocenters. The van der Waals surface area contributed by atoms with Crippen LogP contribution in [0.4, 0.5) is 0 Å². The first-order valence-corrected chi connectivity index (χ1v) is 6.39. The van der Waals surface area contributed by atoms with Crippen molar-refractivity contribution < 1.29 is 9.63 Å². The maximum absolute atomic E-state index is 9.05. The lowest BCUT2D eigenvalue weighted by Crippen LogP contribution is -2.31. The van der Waals surface area contributed by atoms with Crippen LogP contribution in [0.1, 0.15) is 12.6 Å². The van der Waals surface area contributed by atoms with Gasteiger partial charge in [-0.1, -0.05) is 11.2 Å². The molecular formula is C12H16N2O2S. The van der Waals surface area contributed by atoms with Crippen LogP contribution >= 0.6 is 11.3 Å². The zero-order valence-electron chi connectivity index (χ0n) is 9.96. The Balaban J connectivity index is 2.04. The van der Waals surface area contributed by atoms with Gasteiger partial charge in [0.25, 0.3) is 0 Å². The molecule has 0 spiro atoms. The third-order valence-corrected chi connectivity index (χ3v) is 3.64. The van der Waals surface area contributed by atoms with Crippen molar-refractivity contribution in [3.8, 4) is 10.6 Å². The highest BCUT2D eigenvalue weighted by Gasteiger charge is 2.12. The maximum atomic E-state index is 9.05. The fourth-order valence-corrected chi connectivity index (χ4v) is 2.15. The minimum absolute atomic E-state index is 0.122. The monoisotopic (exact) mass is 252 g/mol. The van der Waals surface area contributed by atoms with E-state index in [1.165, 1.54) is 0 Å². The van der Waals surface area contributed by atoms with Crippen molar-refractivity contribution in [3.05, 3.63) is 29.3 Å². The van der Waals surface area contributed by atoms with Gasteiger partial charge in [0.15, 0.2) is 5.76 Å². The van der Waals surface area contributed by atoms with Gasteiger partial charge in [0.05, 0.1) is 17.2 Å². The topological polar surface area (TPSA) is 49.5 Å². The fourth-order valence-electron chi connectivity index (χ4n) is 1.47. The van der Waals surface area contributed by atoms with Crippen LogP contribution in [0.25, 0.3) is 10.6 Å². The molecule has 92 valence electrons. The Morgan fingerprint density at radius 2 is 2.41 bits per heavy atom. The smallest absolute Gasteiger partial charge is 0.177 e. The first-order valence-electron chi connectivity index (χ1n) is 5.51. The van der Waals surface area contributed by atoms with Gasteiger partial charge in [-0.15, -0.1) is 11.3 Å². The highest BCUT2D eigenvalue weighted by Crippen LogP contribution is 2.25. The van der Waals surface area contributed by atoms with Gasteiger partial charge < -0.3 is 9.63 Å². The second-order valence-electron chi connectivity index (χ2n) is 4.11. The van der Waals surface area contributed by atoms with Crippen LogP contribution in [0.15, 0.2) is 28.1 Å². The van der Waals surface area contributed by atoms with E-state index in [0.29, 0.717) is 6.54 Å². The molecule has 1 unspecified atom stereocenters. The average molecular weight is 252 g/mol. The molecule has 1 N–H and O–H groups in total. The lowest BCUT2D eigenvalue weighted by molar-refractivity contribution is 0.151. The van der Waals surface area contributed by atoms with Crippen LogP contribution in [0.2, 0.25) is 0 Å². The molecule has 0 aliphatic carbocycles. The van der Waals surface area contributed by atoms with Crippen molar-refractivity contribution in [2.24, 2.45) is 0 Å². The summed E-state index contributed by atoms with van der Waals surface area (Å²) in [6, 6.07) is 6.07. The summed E-state index contributed by atoms with van der Waals surface area (Å²) in [5.41, 5.74) is 0.885. The van der Waals surface area contributed by atoms with Crippen LogP contribution in [0, 0.1) is 0 Å². The molecule has 2 rings (SSSR count). The van der Waals surface area contributed by atoms with E-state index in [2.05, 4.69) is 5.16 Å². The van der Waals surface area contributed by atoms with E-state index in [0.717, 1.165) is 16.3 Å². The molecule has 17 heavy (non-hydrogen) atoms. The molecule has 4 nitrogen and oxygen atoms in total.